The Labute approximate surface area is 94.3 Å². The van der Waals surface area contributed by atoms with Gasteiger partial charge in [-0.15, -0.1) is 0 Å². The standard InChI is InChI=1S/C13H13NO2/c1-16-13(15)10-14-8-7-12(9-14)11-5-3-2-4-6-11/h2-9H,10H2,1H3. The predicted octanol–water partition coefficient (Wildman–Crippen LogP) is 2.33. The van der Waals surface area contributed by atoms with Crippen LogP contribution in [0.15, 0.2) is 48.8 Å². The van der Waals surface area contributed by atoms with Gasteiger partial charge in [0.2, 0.25) is 0 Å². The van der Waals surface area contributed by atoms with E-state index in [1.54, 1.807) is 0 Å². The second-order valence-electron chi connectivity index (χ2n) is 3.51. The van der Waals surface area contributed by atoms with Crippen molar-refractivity contribution in [1.82, 2.24) is 4.57 Å². The Hall–Kier alpha value is -2.03. The summed E-state index contributed by atoms with van der Waals surface area (Å²) >= 11 is 0. The van der Waals surface area contributed by atoms with Crippen LogP contribution in [0.25, 0.3) is 11.1 Å². The average molecular weight is 215 g/mol. The molecular formula is C13H13NO2. The molecule has 1 aromatic carbocycles. The molecule has 0 atom stereocenters. The molecule has 0 N–H and O–H groups in total. The summed E-state index contributed by atoms with van der Waals surface area (Å²) in [5.41, 5.74) is 2.25. The van der Waals surface area contributed by atoms with Crippen molar-refractivity contribution in [2.45, 2.75) is 6.54 Å². The van der Waals surface area contributed by atoms with Crippen LogP contribution in [0, 0.1) is 0 Å². The van der Waals surface area contributed by atoms with Gasteiger partial charge in [-0.1, -0.05) is 30.3 Å². The number of nitrogens with zero attached hydrogens (tertiary/aromatic N) is 1. The zero-order valence-electron chi connectivity index (χ0n) is 9.09. The van der Waals surface area contributed by atoms with Crippen LogP contribution in [0.3, 0.4) is 0 Å². The third-order valence-electron chi connectivity index (χ3n) is 2.40. The number of ether oxygens (including phenoxy) is 1. The number of hydrogen-bond donors (Lipinski definition) is 0. The second kappa shape index (κ2) is 4.66. The molecule has 0 saturated heterocycles. The highest BCUT2D eigenvalue weighted by Crippen LogP contribution is 2.18. The monoisotopic (exact) mass is 215 g/mol. The van der Waals surface area contributed by atoms with E-state index < -0.39 is 0 Å². The van der Waals surface area contributed by atoms with Crippen molar-refractivity contribution in [3.63, 3.8) is 0 Å². The van der Waals surface area contributed by atoms with Gasteiger partial charge in [-0.25, -0.2) is 0 Å². The lowest BCUT2D eigenvalue weighted by Crippen LogP contribution is -2.09. The van der Waals surface area contributed by atoms with Gasteiger partial charge < -0.3 is 9.30 Å². The number of methoxy groups -OCH3 is 1. The van der Waals surface area contributed by atoms with E-state index in [0.717, 1.165) is 11.1 Å². The maximum absolute atomic E-state index is 11.1. The summed E-state index contributed by atoms with van der Waals surface area (Å²) in [4.78, 5) is 11.1. The Balaban J connectivity index is 2.17. The minimum Gasteiger partial charge on any atom is -0.468 e. The summed E-state index contributed by atoms with van der Waals surface area (Å²) in [7, 11) is 1.39. The van der Waals surface area contributed by atoms with Gasteiger partial charge >= 0.3 is 5.97 Å². The summed E-state index contributed by atoms with van der Waals surface area (Å²) < 4.78 is 6.42. The molecule has 3 heteroatoms. The molecule has 0 fully saturated rings. The van der Waals surface area contributed by atoms with Crippen molar-refractivity contribution < 1.29 is 9.53 Å². The molecule has 1 aromatic heterocycles. The molecule has 0 spiro atoms. The first-order valence-electron chi connectivity index (χ1n) is 5.07. The van der Waals surface area contributed by atoms with E-state index >= 15 is 0 Å². The van der Waals surface area contributed by atoms with Crippen LogP contribution in [0.1, 0.15) is 0 Å². The molecule has 1 heterocycles. The Morgan fingerprint density at radius 3 is 2.62 bits per heavy atom. The number of benzene rings is 1. The van der Waals surface area contributed by atoms with Gasteiger partial charge in [0.15, 0.2) is 0 Å². The lowest BCUT2D eigenvalue weighted by Gasteiger charge is -2.00. The normalized spacial score (nSPS) is 10.1. The minimum atomic E-state index is -0.241. The zero-order chi connectivity index (χ0) is 11.4. The molecule has 0 saturated carbocycles. The average Bonchev–Trinajstić information content (AvgIpc) is 2.78. The van der Waals surface area contributed by atoms with Gasteiger partial charge in [0.25, 0.3) is 0 Å². The summed E-state index contributed by atoms with van der Waals surface area (Å²) in [6, 6.07) is 12.0. The maximum Gasteiger partial charge on any atom is 0.325 e. The molecule has 3 nitrogen and oxygen atoms in total. The fourth-order valence-corrected chi connectivity index (χ4v) is 1.55. The van der Waals surface area contributed by atoms with Gasteiger partial charge in [0.1, 0.15) is 6.54 Å². The van der Waals surface area contributed by atoms with Crippen LogP contribution in [0.5, 0.6) is 0 Å². The molecular weight excluding hydrogens is 202 g/mol. The molecule has 0 radical (unpaired) electrons. The van der Waals surface area contributed by atoms with Crippen LogP contribution in [-0.2, 0) is 16.1 Å². The van der Waals surface area contributed by atoms with Gasteiger partial charge in [0.05, 0.1) is 7.11 Å². The SMILES string of the molecule is COC(=O)Cn1ccc(-c2ccccc2)c1. The summed E-state index contributed by atoms with van der Waals surface area (Å²) in [6.07, 6.45) is 3.81. The fraction of sp³-hybridized carbons (Fsp3) is 0.154. The van der Waals surface area contributed by atoms with Gasteiger partial charge in [-0.2, -0.15) is 0 Å². The summed E-state index contributed by atoms with van der Waals surface area (Å²) in [5.74, 6) is -0.241. The number of esters is 1. The topological polar surface area (TPSA) is 31.2 Å². The predicted molar refractivity (Wildman–Crippen MR) is 61.9 cm³/mol. The third kappa shape index (κ3) is 2.31. The van der Waals surface area contributed by atoms with E-state index in [2.05, 4.69) is 4.74 Å². The molecule has 0 unspecified atom stereocenters. The Bertz CT molecular complexity index is 474. The lowest BCUT2D eigenvalue weighted by molar-refractivity contribution is -0.141. The number of carbonyl (C=O) groups excluding carboxylic acids is 1. The molecule has 82 valence electrons. The van der Waals surface area contributed by atoms with Crippen molar-refractivity contribution in [3.05, 3.63) is 48.8 Å². The van der Waals surface area contributed by atoms with Crippen LogP contribution in [-0.4, -0.2) is 17.6 Å². The summed E-state index contributed by atoms with van der Waals surface area (Å²) in [5, 5.41) is 0. The van der Waals surface area contributed by atoms with E-state index in [1.165, 1.54) is 7.11 Å². The van der Waals surface area contributed by atoms with Crippen LogP contribution in [0.4, 0.5) is 0 Å². The molecule has 0 bridgehead atoms. The van der Waals surface area contributed by atoms with Crippen molar-refractivity contribution in [1.29, 1.82) is 0 Å². The number of hydrogen-bond acceptors (Lipinski definition) is 2. The number of carbonyl (C=O) groups is 1. The molecule has 0 aliphatic carbocycles. The molecule has 0 amide bonds. The van der Waals surface area contributed by atoms with E-state index in [1.807, 2.05) is 53.4 Å². The highest BCUT2D eigenvalue weighted by molar-refractivity contribution is 5.69. The number of aromatic nitrogens is 1. The van der Waals surface area contributed by atoms with Crippen molar-refractivity contribution in [3.8, 4) is 11.1 Å². The Kier molecular flexibility index (Phi) is 3.05. The number of rotatable bonds is 3. The second-order valence-corrected chi connectivity index (χ2v) is 3.51. The Morgan fingerprint density at radius 1 is 1.19 bits per heavy atom. The van der Waals surface area contributed by atoms with Crippen molar-refractivity contribution in [2.75, 3.05) is 7.11 Å². The highest BCUT2D eigenvalue weighted by atomic mass is 16.5. The van der Waals surface area contributed by atoms with E-state index in [0.29, 0.717) is 0 Å². The van der Waals surface area contributed by atoms with Gasteiger partial charge in [-0.3, -0.25) is 4.79 Å². The molecule has 2 rings (SSSR count). The van der Waals surface area contributed by atoms with Crippen LogP contribution < -0.4 is 0 Å². The van der Waals surface area contributed by atoms with Gasteiger partial charge in [0, 0.05) is 12.4 Å². The van der Waals surface area contributed by atoms with Crippen LogP contribution in [0.2, 0.25) is 0 Å². The third-order valence-corrected chi connectivity index (χ3v) is 2.40. The van der Waals surface area contributed by atoms with E-state index in [9.17, 15) is 4.79 Å². The van der Waals surface area contributed by atoms with Crippen molar-refractivity contribution >= 4 is 5.97 Å². The molecule has 0 aliphatic rings. The first kappa shape index (κ1) is 10.5. The molecule has 0 aliphatic heterocycles. The lowest BCUT2D eigenvalue weighted by atomic mass is 10.1. The first-order valence-corrected chi connectivity index (χ1v) is 5.07. The van der Waals surface area contributed by atoms with E-state index in [-0.39, 0.29) is 12.5 Å². The zero-order valence-corrected chi connectivity index (χ0v) is 9.09. The Morgan fingerprint density at radius 2 is 1.94 bits per heavy atom. The molecule has 16 heavy (non-hydrogen) atoms. The minimum absolute atomic E-state index is 0.241. The van der Waals surface area contributed by atoms with E-state index in [4.69, 9.17) is 0 Å². The van der Waals surface area contributed by atoms with Gasteiger partial charge in [-0.05, 0) is 17.2 Å². The highest BCUT2D eigenvalue weighted by Gasteiger charge is 2.03. The van der Waals surface area contributed by atoms with Crippen molar-refractivity contribution in [2.24, 2.45) is 0 Å². The largest absolute Gasteiger partial charge is 0.468 e. The maximum atomic E-state index is 11.1. The first-order chi connectivity index (χ1) is 7.79. The fourth-order valence-electron chi connectivity index (χ4n) is 1.55. The smallest absolute Gasteiger partial charge is 0.325 e. The quantitative estimate of drug-likeness (QED) is 0.736. The molecule has 2 aromatic rings. The van der Waals surface area contributed by atoms with Crippen LogP contribution >= 0.6 is 0 Å². The summed E-state index contributed by atoms with van der Waals surface area (Å²) in [6.45, 7) is 0.253.